The number of carbonyl (C=O) groups excluding carboxylic acids is 2. The molecule has 0 saturated carbocycles. The fourth-order valence-electron chi connectivity index (χ4n) is 3.99. The number of likely N-dealkylation sites (tertiary alicyclic amines) is 1. The minimum Gasteiger partial charge on any atom is -0.473 e. The molecule has 0 bridgehead atoms. The van der Waals surface area contributed by atoms with Gasteiger partial charge in [-0.05, 0) is 43.2 Å². The molecular weight excluding hydrogens is 368 g/mol. The van der Waals surface area contributed by atoms with Crippen LogP contribution in [0.1, 0.15) is 30.4 Å². The Morgan fingerprint density at radius 2 is 1.93 bits per heavy atom. The number of hydrogen-bond acceptors (Lipinski definition) is 5. The molecule has 1 atom stereocenters. The van der Waals surface area contributed by atoms with Crippen LogP contribution in [0.25, 0.3) is 0 Å². The molecule has 7 nitrogen and oxygen atoms in total. The first-order chi connectivity index (χ1) is 14.0. The second-order valence-electron chi connectivity index (χ2n) is 7.88. The molecule has 0 unspecified atom stereocenters. The van der Waals surface area contributed by atoms with E-state index in [-0.39, 0.29) is 30.3 Å². The molecule has 0 radical (unpaired) electrons. The van der Waals surface area contributed by atoms with Crippen molar-refractivity contribution in [3.8, 4) is 5.88 Å². The maximum atomic E-state index is 13.0. The molecule has 0 spiro atoms. The van der Waals surface area contributed by atoms with E-state index in [4.69, 9.17) is 4.74 Å². The fraction of sp³-hybridized carbons (Fsp3) is 0.455. The van der Waals surface area contributed by atoms with Crippen molar-refractivity contribution in [3.63, 3.8) is 0 Å². The zero-order chi connectivity index (χ0) is 20.4. The number of piperidine rings is 1. The van der Waals surface area contributed by atoms with Gasteiger partial charge in [0.15, 0.2) is 0 Å². The number of aryl methyl sites for hydroxylation is 2. The summed E-state index contributed by atoms with van der Waals surface area (Å²) in [6.45, 7) is 5.82. The van der Waals surface area contributed by atoms with Gasteiger partial charge in [0.25, 0.3) is 0 Å². The number of hydrogen-bond donors (Lipinski definition) is 0. The summed E-state index contributed by atoms with van der Waals surface area (Å²) in [4.78, 5) is 29.2. The molecule has 0 aliphatic carbocycles. The van der Waals surface area contributed by atoms with Crippen molar-refractivity contribution in [2.45, 2.75) is 39.2 Å². The summed E-state index contributed by atoms with van der Waals surface area (Å²) < 4.78 is 5.85. The summed E-state index contributed by atoms with van der Waals surface area (Å²) in [6.07, 6.45) is 3.43. The van der Waals surface area contributed by atoms with Crippen LogP contribution in [-0.2, 0) is 9.59 Å². The van der Waals surface area contributed by atoms with Crippen molar-refractivity contribution in [1.82, 2.24) is 15.1 Å². The van der Waals surface area contributed by atoms with E-state index < -0.39 is 0 Å². The number of carbonyl (C=O) groups is 2. The van der Waals surface area contributed by atoms with Gasteiger partial charge in [0.05, 0.1) is 5.92 Å². The molecule has 2 aromatic rings. The third-order valence-electron chi connectivity index (χ3n) is 5.87. The number of benzene rings is 1. The van der Waals surface area contributed by atoms with E-state index in [9.17, 15) is 9.59 Å². The van der Waals surface area contributed by atoms with E-state index in [0.717, 1.165) is 24.1 Å². The lowest BCUT2D eigenvalue weighted by Crippen LogP contribution is -2.45. The highest BCUT2D eigenvalue weighted by Gasteiger charge is 2.38. The maximum absolute atomic E-state index is 13.0. The highest BCUT2D eigenvalue weighted by molar-refractivity contribution is 6.00. The third-order valence-corrected chi connectivity index (χ3v) is 5.87. The van der Waals surface area contributed by atoms with Gasteiger partial charge in [-0.2, -0.15) is 5.10 Å². The van der Waals surface area contributed by atoms with Crippen molar-refractivity contribution >= 4 is 17.5 Å². The lowest BCUT2D eigenvalue weighted by molar-refractivity contribution is -0.137. The molecule has 152 valence electrons. The number of rotatable bonds is 4. The monoisotopic (exact) mass is 394 g/mol. The number of amides is 2. The van der Waals surface area contributed by atoms with Gasteiger partial charge in [0, 0.05) is 56.8 Å². The summed E-state index contributed by atoms with van der Waals surface area (Å²) in [6, 6.07) is 9.59. The summed E-state index contributed by atoms with van der Waals surface area (Å²) >= 11 is 0. The molecule has 2 aliphatic rings. The van der Waals surface area contributed by atoms with Crippen LogP contribution >= 0.6 is 0 Å². The highest BCUT2D eigenvalue weighted by atomic mass is 16.5. The first kappa shape index (κ1) is 19.4. The molecular formula is C22H26N4O3. The van der Waals surface area contributed by atoms with Gasteiger partial charge in [0.1, 0.15) is 6.10 Å². The van der Waals surface area contributed by atoms with Crippen LogP contribution in [0, 0.1) is 19.8 Å². The van der Waals surface area contributed by atoms with E-state index in [1.807, 2.05) is 30.0 Å². The fourth-order valence-corrected chi connectivity index (χ4v) is 3.99. The summed E-state index contributed by atoms with van der Waals surface area (Å²) in [7, 11) is 0. The summed E-state index contributed by atoms with van der Waals surface area (Å²) in [5, 5.41) is 7.77. The van der Waals surface area contributed by atoms with Crippen LogP contribution in [0.3, 0.4) is 0 Å². The molecule has 0 N–H and O–H groups in total. The molecule has 29 heavy (non-hydrogen) atoms. The van der Waals surface area contributed by atoms with Crippen LogP contribution in [0.2, 0.25) is 0 Å². The normalized spacial score (nSPS) is 20.2. The quantitative estimate of drug-likeness (QED) is 0.797. The molecule has 7 heteroatoms. The number of ether oxygens (including phenoxy) is 1. The Kier molecular flexibility index (Phi) is 5.47. The van der Waals surface area contributed by atoms with Gasteiger partial charge in [-0.25, -0.2) is 0 Å². The molecule has 1 aromatic heterocycles. The largest absolute Gasteiger partial charge is 0.473 e. The molecule has 4 rings (SSSR count). The van der Waals surface area contributed by atoms with Crippen molar-refractivity contribution in [2.75, 3.05) is 24.5 Å². The molecule has 2 amide bonds. The molecule has 2 fully saturated rings. The van der Waals surface area contributed by atoms with Gasteiger partial charge in [0.2, 0.25) is 17.7 Å². The first-order valence-electron chi connectivity index (χ1n) is 10.1. The minimum absolute atomic E-state index is 0.0208. The van der Waals surface area contributed by atoms with E-state index in [0.29, 0.717) is 25.5 Å². The summed E-state index contributed by atoms with van der Waals surface area (Å²) in [5.41, 5.74) is 3.22. The Balaban J connectivity index is 1.33. The minimum atomic E-state index is -0.276. The smallest absolute Gasteiger partial charge is 0.233 e. The Hall–Kier alpha value is -2.96. The first-order valence-corrected chi connectivity index (χ1v) is 10.1. The predicted molar refractivity (Wildman–Crippen MR) is 109 cm³/mol. The number of nitrogens with zero attached hydrogens (tertiary/aromatic N) is 4. The Morgan fingerprint density at radius 1 is 1.14 bits per heavy atom. The number of aromatic nitrogens is 2. The molecule has 2 aliphatic heterocycles. The van der Waals surface area contributed by atoms with Crippen molar-refractivity contribution < 1.29 is 14.3 Å². The van der Waals surface area contributed by atoms with E-state index >= 15 is 0 Å². The van der Waals surface area contributed by atoms with Crippen molar-refractivity contribution in [2.24, 2.45) is 5.92 Å². The van der Waals surface area contributed by atoms with E-state index in [1.165, 1.54) is 5.56 Å². The van der Waals surface area contributed by atoms with Crippen LogP contribution in [0.5, 0.6) is 5.88 Å². The second-order valence-corrected chi connectivity index (χ2v) is 7.88. The van der Waals surface area contributed by atoms with Crippen molar-refractivity contribution in [1.29, 1.82) is 0 Å². The standard InChI is InChI=1S/C22H26N4O3/c1-15-5-6-18(12-16(15)2)26-14-17(13-21(26)27)22(28)25-10-7-19(8-11-25)29-20-4-3-9-23-24-20/h3-6,9,12,17,19H,7-8,10-11,13-14H2,1-2H3/t17-/m1/s1. The third kappa shape index (κ3) is 4.23. The van der Waals surface area contributed by atoms with Crippen molar-refractivity contribution in [3.05, 3.63) is 47.7 Å². The highest BCUT2D eigenvalue weighted by Crippen LogP contribution is 2.29. The Morgan fingerprint density at radius 3 is 2.62 bits per heavy atom. The Labute approximate surface area is 170 Å². The average Bonchev–Trinajstić information content (AvgIpc) is 3.12. The van der Waals surface area contributed by atoms with Gasteiger partial charge < -0.3 is 14.5 Å². The zero-order valence-electron chi connectivity index (χ0n) is 16.9. The Bertz CT molecular complexity index is 894. The zero-order valence-corrected chi connectivity index (χ0v) is 16.9. The van der Waals surface area contributed by atoms with Crippen LogP contribution in [-0.4, -0.2) is 52.6 Å². The van der Waals surface area contributed by atoms with Gasteiger partial charge in [-0.3, -0.25) is 9.59 Å². The summed E-state index contributed by atoms with van der Waals surface area (Å²) in [5.74, 6) is 0.333. The lowest BCUT2D eigenvalue weighted by Gasteiger charge is -2.33. The van der Waals surface area contributed by atoms with E-state index in [2.05, 4.69) is 17.1 Å². The molecule has 3 heterocycles. The van der Waals surface area contributed by atoms with Crippen LogP contribution in [0.15, 0.2) is 36.5 Å². The predicted octanol–water partition coefficient (Wildman–Crippen LogP) is 2.52. The average molecular weight is 394 g/mol. The lowest BCUT2D eigenvalue weighted by atomic mass is 10.0. The number of anilines is 1. The van der Waals surface area contributed by atoms with Crippen LogP contribution < -0.4 is 9.64 Å². The molecule has 1 aromatic carbocycles. The molecule has 2 saturated heterocycles. The van der Waals surface area contributed by atoms with Gasteiger partial charge in [-0.1, -0.05) is 6.07 Å². The van der Waals surface area contributed by atoms with Gasteiger partial charge in [-0.15, -0.1) is 5.10 Å². The van der Waals surface area contributed by atoms with Gasteiger partial charge >= 0.3 is 0 Å². The SMILES string of the molecule is Cc1ccc(N2C[C@H](C(=O)N3CCC(Oc4cccnn4)CC3)CC2=O)cc1C. The second kappa shape index (κ2) is 8.19. The van der Waals surface area contributed by atoms with E-state index in [1.54, 1.807) is 23.2 Å². The maximum Gasteiger partial charge on any atom is 0.233 e. The topological polar surface area (TPSA) is 75.6 Å². The van der Waals surface area contributed by atoms with Crippen LogP contribution in [0.4, 0.5) is 5.69 Å².